The van der Waals surface area contributed by atoms with Crippen molar-refractivity contribution < 1.29 is 24.5 Å². The number of phenolic OH excluding ortho intramolecular Hbond substituents is 1. The molecule has 5 nitrogen and oxygen atoms in total. The Hall–Kier alpha value is -1.37. The van der Waals surface area contributed by atoms with E-state index in [0.29, 0.717) is 0 Å². The Morgan fingerprint density at radius 2 is 2.06 bits per heavy atom. The van der Waals surface area contributed by atoms with Crippen LogP contribution >= 0.6 is 11.6 Å². The van der Waals surface area contributed by atoms with Gasteiger partial charge in [0.25, 0.3) is 0 Å². The Bertz CT molecular complexity index is 441. The second-order valence-electron chi connectivity index (χ2n) is 3.51. The highest BCUT2D eigenvalue weighted by Gasteiger charge is 2.24. The van der Waals surface area contributed by atoms with Gasteiger partial charge in [0.2, 0.25) is 5.91 Å². The molecule has 0 aliphatic carbocycles. The van der Waals surface area contributed by atoms with Crippen molar-refractivity contribution in [2.75, 3.05) is 0 Å². The highest BCUT2D eigenvalue weighted by molar-refractivity contribution is 6.32. The Morgan fingerprint density at radius 3 is 2.59 bits per heavy atom. The Kier molecular flexibility index (Phi) is 4.28. The van der Waals surface area contributed by atoms with Crippen LogP contribution in [0.4, 0.5) is 4.39 Å². The van der Waals surface area contributed by atoms with Gasteiger partial charge in [0.1, 0.15) is 17.7 Å². The molecule has 0 spiro atoms. The van der Waals surface area contributed by atoms with Crippen LogP contribution < -0.4 is 5.73 Å². The molecule has 0 heterocycles. The van der Waals surface area contributed by atoms with Crippen LogP contribution in [0, 0.1) is 5.82 Å². The van der Waals surface area contributed by atoms with Crippen LogP contribution in [0.2, 0.25) is 5.02 Å². The highest BCUT2D eigenvalue weighted by Crippen LogP contribution is 2.34. The summed E-state index contributed by atoms with van der Waals surface area (Å²) in [5.41, 5.74) is 4.53. The van der Waals surface area contributed by atoms with E-state index in [4.69, 9.17) is 17.3 Å². The summed E-state index contributed by atoms with van der Waals surface area (Å²) in [6, 6.07) is 1.67. The minimum Gasteiger partial charge on any atom is -0.506 e. The molecule has 1 rings (SSSR count). The van der Waals surface area contributed by atoms with Crippen LogP contribution in [0.1, 0.15) is 18.1 Å². The second-order valence-corrected chi connectivity index (χ2v) is 3.92. The lowest BCUT2D eigenvalue weighted by molar-refractivity contribution is -0.121. The van der Waals surface area contributed by atoms with Crippen molar-refractivity contribution >= 4 is 17.5 Å². The number of primary amides is 1. The Balaban J connectivity index is 3.03. The molecular formula is C10H11ClFNO4. The number of carbonyl (C=O) groups is 1. The Morgan fingerprint density at radius 1 is 1.47 bits per heavy atom. The first-order chi connectivity index (χ1) is 7.82. The fourth-order valence-electron chi connectivity index (χ4n) is 1.34. The standard InChI is InChI=1S/C10H11ClFNO4/c11-6-2-4(12)1-5(9(6)16)10(17)7(14)3-8(13)15/h1-2,7,10,14,16-17H,3H2,(H2,13,15). The van der Waals surface area contributed by atoms with E-state index >= 15 is 0 Å². The number of nitrogens with two attached hydrogens (primary N) is 1. The SMILES string of the molecule is NC(=O)CC(O)C(O)c1cc(F)cc(Cl)c1O. The van der Waals surface area contributed by atoms with Gasteiger partial charge < -0.3 is 21.1 Å². The van der Waals surface area contributed by atoms with Gasteiger partial charge in [-0.2, -0.15) is 0 Å². The van der Waals surface area contributed by atoms with E-state index in [2.05, 4.69) is 0 Å². The first-order valence-corrected chi connectivity index (χ1v) is 5.03. The number of phenols is 1. The fraction of sp³-hybridized carbons (Fsp3) is 0.300. The number of halogens is 2. The normalized spacial score (nSPS) is 14.4. The van der Waals surface area contributed by atoms with Crippen LogP contribution in [-0.4, -0.2) is 27.3 Å². The van der Waals surface area contributed by atoms with Crippen molar-refractivity contribution in [3.8, 4) is 5.75 Å². The van der Waals surface area contributed by atoms with E-state index in [1.54, 1.807) is 0 Å². The molecule has 1 aromatic rings. The van der Waals surface area contributed by atoms with Gasteiger partial charge in [-0.1, -0.05) is 11.6 Å². The zero-order valence-electron chi connectivity index (χ0n) is 8.60. The first-order valence-electron chi connectivity index (χ1n) is 4.65. The lowest BCUT2D eigenvalue weighted by Gasteiger charge is -2.18. The van der Waals surface area contributed by atoms with Crippen molar-refractivity contribution in [2.45, 2.75) is 18.6 Å². The maximum absolute atomic E-state index is 13.0. The zero-order valence-corrected chi connectivity index (χ0v) is 9.36. The molecule has 17 heavy (non-hydrogen) atoms. The van der Waals surface area contributed by atoms with Crippen molar-refractivity contribution in [1.29, 1.82) is 0 Å². The lowest BCUT2D eigenvalue weighted by atomic mass is 10.0. The third-order valence-corrected chi connectivity index (χ3v) is 2.44. The molecule has 0 aliphatic rings. The van der Waals surface area contributed by atoms with Crippen molar-refractivity contribution in [2.24, 2.45) is 5.73 Å². The van der Waals surface area contributed by atoms with E-state index < -0.39 is 36.1 Å². The second kappa shape index (κ2) is 5.31. The maximum Gasteiger partial charge on any atom is 0.220 e. The van der Waals surface area contributed by atoms with Crippen LogP contribution in [-0.2, 0) is 4.79 Å². The topological polar surface area (TPSA) is 104 Å². The van der Waals surface area contributed by atoms with Gasteiger partial charge in [-0.15, -0.1) is 0 Å². The number of aromatic hydroxyl groups is 1. The average Bonchev–Trinajstić information content (AvgIpc) is 2.21. The average molecular weight is 264 g/mol. The number of rotatable bonds is 4. The van der Waals surface area contributed by atoms with Gasteiger partial charge in [0.15, 0.2) is 0 Å². The molecule has 0 saturated carbocycles. The molecule has 1 amide bonds. The first kappa shape index (κ1) is 13.7. The van der Waals surface area contributed by atoms with Gasteiger partial charge in [-0.25, -0.2) is 4.39 Å². The summed E-state index contributed by atoms with van der Waals surface area (Å²) >= 11 is 5.50. The summed E-state index contributed by atoms with van der Waals surface area (Å²) in [6.07, 6.45) is -3.72. The molecular weight excluding hydrogens is 253 g/mol. The molecule has 0 bridgehead atoms. The molecule has 5 N–H and O–H groups in total. The molecule has 1 aromatic carbocycles. The van der Waals surface area contributed by atoms with E-state index in [9.17, 15) is 24.5 Å². The van der Waals surface area contributed by atoms with Gasteiger partial charge in [0.05, 0.1) is 17.5 Å². The minimum absolute atomic E-state index is 0.301. The third kappa shape index (κ3) is 3.29. The lowest BCUT2D eigenvalue weighted by Crippen LogP contribution is -2.25. The van der Waals surface area contributed by atoms with Crippen molar-refractivity contribution in [3.63, 3.8) is 0 Å². The molecule has 7 heteroatoms. The Labute approximate surface area is 101 Å². The third-order valence-electron chi connectivity index (χ3n) is 2.15. The molecule has 0 saturated heterocycles. The zero-order chi connectivity index (χ0) is 13.2. The van der Waals surface area contributed by atoms with E-state index in [0.717, 1.165) is 12.1 Å². The molecule has 0 fully saturated rings. The van der Waals surface area contributed by atoms with Crippen LogP contribution in [0.15, 0.2) is 12.1 Å². The van der Waals surface area contributed by atoms with Crippen LogP contribution in [0.25, 0.3) is 0 Å². The number of hydrogen-bond acceptors (Lipinski definition) is 4. The van der Waals surface area contributed by atoms with Gasteiger partial charge in [0, 0.05) is 5.56 Å². The van der Waals surface area contributed by atoms with Crippen molar-refractivity contribution in [1.82, 2.24) is 0 Å². The number of aliphatic hydroxyl groups is 2. The molecule has 0 aromatic heterocycles. The van der Waals surface area contributed by atoms with Crippen LogP contribution in [0.3, 0.4) is 0 Å². The van der Waals surface area contributed by atoms with Crippen molar-refractivity contribution in [3.05, 3.63) is 28.5 Å². The predicted molar refractivity (Wildman–Crippen MR) is 57.9 cm³/mol. The van der Waals surface area contributed by atoms with Crippen LogP contribution in [0.5, 0.6) is 5.75 Å². The molecule has 0 radical (unpaired) electrons. The van der Waals surface area contributed by atoms with Gasteiger partial charge in [-0.3, -0.25) is 4.79 Å². The van der Waals surface area contributed by atoms with Gasteiger partial charge in [-0.05, 0) is 12.1 Å². The predicted octanol–water partition coefficient (Wildman–Crippen LogP) is 0.454. The number of aliphatic hydroxyl groups excluding tert-OH is 2. The highest BCUT2D eigenvalue weighted by atomic mass is 35.5. The summed E-state index contributed by atoms with van der Waals surface area (Å²) in [4.78, 5) is 10.6. The minimum atomic E-state index is -1.66. The largest absolute Gasteiger partial charge is 0.506 e. The summed E-state index contributed by atoms with van der Waals surface area (Å²) in [5, 5.41) is 28.2. The summed E-state index contributed by atoms with van der Waals surface area (Å²) in [5.74, 6) is -2.17. The monoisotopic (exact) mass is 263 g/mol. The smallest absolute Gasteiger partial charge is 0.220 e. The number of carbonyl (C=O) groups excluding carboxylic acids is 1. The number of benzene rings is 1. The van der Waals surface area contributed by atoms with E-state index in [-0.39, 0.29) is 10.6 Å². The van der Waals surface area contributed by atoms with E-state index in [1.165, 1.54) is 0 Å². The molecule has 2 atom stereocenters. The summed E-state index contributed by atoms with van der Waals surface area (Å²) < 4.78 is 13.0. The van der Waals surface area contributed by atoms with E-state index in [1.807, 2.05) is 0 Å². The number of amides is 1. The fourth-order valence-corrected chi connectivity index (χ4v) is 1.55. The quantitative estimate of drug-likeness (QED) is 0.633. The molecule has 2 unspecified atom stereocenters. The molecule has 0 aliphatic heterocycles. The maximum atomic E-state index is 13.0. The van der Waals surface area contributed by atoms with Gasteiger partial charge >= 0.3 is 0 Å². The summed E-state index contributed by atoms with van der Waals surface area (Å²) in [6.45, 7) is 0. The number of hydrogen-bond donors (Lipinski definition) is 4. The molecule has 94 valence electrons. The summed E-state index contributed by atoms with van der Waals surface area (Å²) in [7, 11) is 0.